The van der Waals surface area contributed by atoms with Crippen molar-refractivity contribution in [2.45, 2.75) is 98.0 Å². The van der Waals surface area contributed by atoms with E-state index in [1.165, 1.54) is 85.0 Å². The molecular weight excluding hydrogens is 453 g/mol. The molecule has 0 bridgehead atoms. The summed E-state index contributed by atoms with van der Waals surface area (Å²) in [5.74, 6) is 0. The van der Waals surface area contributed by atoms with Gasteiger partial charge in [-0.1, -0.05) is 0 Å². The van der Waals surface area contributed by atoms with Crippen molar-refractivity contribution < 1.29 is 4.74 Å². The molecule has 0 spiro atoms. The van der Waals surface area contributed by atoms with Crippen molar-refractivity contribution in [3.05, 3.63) is 18.0 Å². The van der Waals surface area contributed by atoms with Crippen LogP contribution in [-0.2, 0) is 4.74 Å². The molecule has 1 fully saturated rings. The van der Waals surface area contributed by atoms with Gasteiger partial charge in [-0.25, -0.2) is 0 Å². The molecule has 4 nitrogen and oxygen atoms in total. The first-order valence-corrected chi connectivity index (χ1v) is 19.2. The fourth-order valence-corrected chi connectivity index (χ4v) is 20.2. The van der Waals surface area contributed by atoms with Crippen LogP contribution in [0.15, 0.2) is 12.3 Å². The van der Waals surface area contributed by atoms with Crippen molar-refractivity contribution >= 4 is 33.0 Å². The van der Waals surface area contributed by atoms with Crippen molar-refractivity contribution in [2.75, 3.05) is 6.61 Å². The van der Waals surface area contributed by atoms with Crippen LogP contribution >= 0.6 is 0 Å². The van der Waals surface area contributed by atoms with Crippen molar-refractivity contribution in [3.63, 3.8) is 0 Å². The number of pyridine rings is 1. The molecule has 2 aromatic heterocycles. The fraction of sp³-hybridized carbons (Fsp3) is 0.739. The summed E-state index contributed by atoms with van der Waals surface area (Å²) in [7, 11) is 0. The van der Waals surface area contributed by atoms with Crippen LogP contribution in [0.3, 0.4) is 0 Å². The summed E-state index contributed by atoms with van der Waals surface area (Å²) in [5, 5.41) is 8.82. The molecule has 3 rings (SSSR count). The van der Waals surface area contributed by atoms with Gasteiger partial charge in [0.05, 0.1) is 0 Å². The monoisotopic (exact) mass is 493 g/mol. The Morgan fingerprint density at radius 3 is 2.29 bits per heavy atom. The minimum atomic E-state index is -2.57. The topological polar surface area (TPSA) is 50.8 Å². The maximum atomic E-state index is 6.17. The number of H-pyrrole nitrogens is 1. The van der Waals surface area contributed by atoms with Crippen LogP contribution in [0, 0.1) is 0 Å². The van der Waals surface area contributed by atoms with Gasteiger partial charge in [0, 0.05) is 0 Å². The summed E-state index contributed by atoms with van der Waals surface area (Å²) in [6.07, 6.45) is 13.6. The molecule has 5 heteroatoms. The number of ether oxygens (including phenoxy) is 1. The number of hydrogen-bond donors (Lipinski definition) is 1. The molecule has 1 atom stereocenters. The molecule has 2 aromatic rings. The predicted molar refractivity (Wildman–Crippen MR) is 121 cm³/mol. The molecule has 0 aromatic carbocycles. The van der Waals surface area contributed by atoms with E-state index in [0.29, 0.717) is 0 Å². The van der Waals surface area contributed by atoms with Gasteiger partial charge >= 0.3 is 175 Å². The van der Waals surface area contributed by atoms with Crippen molar-refractivity contribution in [2.24, 2.45) is 0 Å². The first-order valence-electron chi connectivity index (χ1n) is 11.7. The Balaban J connectivity index is 2.06. The Bertz CT molecular complexity index is 702. The van der Waals surface area contributed by atoms with Gasteiger partial charge in [-0.15, -0.1) is 0 Å². The van der Waals surface area contributed by atoms with E-state index in [1.807, 2.05) is 6.20 Å². The summed E-state index contributed by atoms with van der Waals surface area (Å²) in [6, 6.07) is 2.39. The SMILES string of the molecule is CCC[CH2][Sn]([CH2]CCC)([CH2]CCC)[c]1cc2[nH]ncc2c(C2CCCCO2)n1. The molecule has 0 amide bonds. The Hall–Kier alpha value is -0.621. The molecule has 0 saturated carbocycles. The van der Waals surface area contributed by atoms with Gasteiger partial charge in [-0.05, 0) is 0 Å². The molecule has 1 N–H and O–H groups in total. The number of nitrogens with zero attached hydrogens (tertiary/aromatic N) is 2. The average molecular weight is 492 g/mol. The van der Waals surface area contributed by atoms with E-state index in [4.69, 9.17) is 9.72 Å². The van der Waals surface area contributed by atoms with Crippen molar-refractivity contribution in [1.29, 1.82) is 0 Å². The summed E-state index contributed by atoms with van der Waals surface area (Å²) in [4.78, 5) is 5.44. The molecule has 28 heavy (non-hydrogen) atoms. The number of nitrogens with one attached hydrogen (secondary N) is 1. The molecule has 1 saturated heterocycles. The van der Waals surface area contributed by atoms with Gasteiger partial charge in [-0.3, -0.25) is 0 Å². The predicted octanol–water partition coefficient (Wildman–Crippen LogP) is 6.26. The first kappa shape index (κ1) is 22.1. The van der Waals surface area contributed by atoms with E-state index in [9.17, 15) is 0 Å². The molecule has 0 radical (unpaired) electrons. The van der Waals surface area contributed by atoms with Gasteiger partial charge in [0.1, 0.15) is 0 Å². The third kappa shape index (κ3) is 5.10. The average Bonchev–Trinajstić information content (AvgIpc) is 3.22. The molecule has 3 heterocycles. The fourth-order valence-electron chi connectivity index (χ4n) is 4.75. The van der Waals surface area contributed by atoms with Crippen LogP contribution in [0.5, 0.6) is 0 Å². The van der Waals surface area contributed by atoms with E-state index < -0.39 is 18.4 Å². The van der Waals surface area contributed by atoms with Crippen LogP contribution in [0.4, 0.5) is 0 Å². The third-order valence-electron chi connectivity index (χ3n) is 6.52. The van der Waals surface area contributed by atoms with Gasteiger partial charge in [0.2, 0.25) is 0 Å². The van der Waals surface area contributed by atoms with E-state index in [2.05, 4.69) is 37.0 Å². The number of fused-ring (bicyclic) bond motifs is 1. The molecule has 156 valence electrons. The second-order valence-electron chi connectivity index (χ2n) is 8.67. The van der Waals surface area contributed by atoms with Crippen molar-refractivity contribution in [3.8, 4) is 0 Å². The molecule has 0 aliphatic carbocycles. The van der Waals surface area contributed by atoms with Crippen LogP contribution in [0.25, 0.3) is 10.9 Å². The Kier molecular flexibility index (Phi) is 8.64. The zero-order valence-corrected chi connectivity index (χ0v) is 21.1. The zero-order valence-electron chi connectivity index (χ0n) is 18.2. The molecular formula is C23H39N3OSn. The van der Waals surface area contributed by atoms with Gasteiger partial charge < -0.3 is 0 Å². The summed E-state index contributed by atoms with van der Waals surface area (Å²) < 4.78 is 12.0. The van der Waals surface area contributed by atoms with E-state index in [-0.39, 0.29) is 6.10 Å². The number of rotatable bonds is 11. The Morgan fingerprint density at radius 1 is 1.04 bits per heavy atom. The quantitative estimate of drug-likeness (QED) is 0.377. The van der Waals surface area contributed by atoms with Crippen molar-refractivity contribution in [1.82, 2.24) is 15.2 Å². The van der Waals surface area contributed by atoms with E-state index in [1.54, 1.807) is 0 Å². The number of hydrogen-bond acceptors (Lipinski definition) is 3. The number of aromatic nitrogens is 3. The van der Waals surface area contributed by atoms with E-state index in [0.717, 1.165) is 13.0 Å². The van der Waals surface area contributed by atoms with Gasteiger partial charge in [-0.2, -0.15) is 0 Å². The number of aromatic amines is 1. The molecule has 1 unspecified atom stereocenters. The third-order valence-corrected chi connectivity index (χ3v) is 21.6. The first-order chi connectivity index (χ1) is 13.7. The second kappa shape index (κ2) is 11.0. The second-order valence-corrected chi connectivity index (χ2v) is 21.7. The van der Waals surface area contributed by atoms with Crippen LogP contribution in [0.1, 0.15) is 90.4 Å². The van der Waals surface area contributed by atoms with Gasteiger partial charge in [0.15, 0.2) is 0 Å². The molecule has 1 aliphatic rings. The minimum absolute atomic E-state index is 0.154. The summed E-state index contributed by atoms with van der Waals surface area (Å²) in [6.45, 7) is 7.88. The summed E-state index contributed by atoms with van der Waals surface area (Å²) >= 11 is -2.57. The standard InChI is InChI=1S/C11H12N3O.3C4H9.Sn/c1-2-6-15-10(3-1)11-8-7-13-14-9(8)4-5-12-11;3*1-3-4-2;/h4,7,10H,1-3,6H2,(H,13,14);3*1,3-4H2,2H3;. The van der Waals surface area contributed by atoms with Crippen LogP contribution < -0.4 is 3.71 Å². The Morgan fingerprint density at radius 2 is 1.71 bits per heavy atom. The van der Waals surface area contributed by atoms with Crippen LogP contribution in [0.2, 0.25) is 13.3 Å². The van der Waals surface area contributed by atoms with Crippen LogP contribution in [-0.4, -0.2) is 40.2 Å². The summed E-state index contributed by atoms with van der Waals surface area (Å²) in [5.41, 5.74) is 2.35. The maximum absolute atomic E-state index is 6.17. The van der Waals surface area contributed by atoms with E-state index >= 15 is 0 Å². The normalized spacial score (nSPS) is 18.0. The molecule has 1 aliphatic heterocycles. The number of unbranched alkanes of at least 4 members (excludes halogenated alkanes) is 3. The van der Waals surface area contributed by atoms with Gasteiger partial charge in [0.25, 0.3) is 0 Å². The Labute approximate surface area is 175 Å². The zero-order chi connectivity index (χ0) is 19.8.